The van der Waals surface area contributed by atoms with Gasteiger partial charge in [-0.2, -0.15) is 11.8 Å². The fourth-order valence-corrected chi connectivity index (χ4v) is 2.16. The van der Waals surface area contributed by atoms with Gasteiger partial charge >= 0.3 is 0 Å². The highest BCUT2D eigenvalue weighted by molar-refractivity contribution is 7.99. The molecule has 0 aromatic rings. The number of thioether (sulfide) groups is 1. The van der Waals surface area contributed by atoms with Gasteiger partial charge in [0.1, 0.15) is 0 Å². The first-order valence-corrected chi connectivity index (χ1v) is 6.25. The van der Waals surface area contributed by atoms with Crippen LogP contribution in [-0.2, 0) is 0 Å². The van der Waals surface area contributed by atoms with Gasteiger partial charge in [-0.1, -0.05) is 13.8 Å². The first-order valence-electron chi connectivity index (χ1n) is 5.10. The van der Waals surface area contributed by atoms with Crippen LogP contribution in [0.1, 0.15) is 13.8 Å². The highest BCUT2D eigenvalue weighted by atomic mass is 32.2. The van der Waals surface area contributed by atoms with Crippen molar-refractivity contribution in [1.29, 1.82) is 0 Å². The Kier molecular flexibility index (Phi) is 9.03. The Hall–Kier alpha value is 0.270. The van der Waals surface area contributed by atoms with Crippen molar-refractivity contribution >= 4 is 11.8 Å². The molecule has 3 heteroatoms. The van der Waals surface area contributed by atoms with E-state index in [1.54, 1.807) is 0 Å². The van der Waals surface area contributed by atoms with Gasteiger partial charge in [0.25, 0.3) is 0 Å². The van der Waals surface area contributed by atoms with Gasteiger partial charge in [0.2, 0.25) is 0 Å². The van der Waals surface area contributed by atoms with Gasteiger partial charge in [-0.25, -0.2) is 0 Å². The lowest BCUT2D eigenvalue weighted by Gasteiger charge is -2.12. The molecule has 1 N–H and O–H groups in total. The lowest BCUT2D eigenvalue weighted by molar-refractivity contribution is 0.437. The SMILES string of the molecule is CCNCC(C)CSCCN(C)C. The van der Waals surface area contributed by atoms with E-state index < -0.39 is 0 Å². The van der Waals surface area contributed by atoms with Gasteiger partial charge in [0.15, 0.2) is 0 Å². The predicted octanol–water partition coefficient (Wildman–Crippen LogP) is 1.53. The van der Waals surface area contributed by atoms with E-state index in [4.69, 9.17) is 0 Å². The summed E-state index contributed by atoms with van der Waals surface area (Å²) in [5.74, 6) is 3.33. The third kappa shape index (κ3) is 10.2. The van der Waals surface area contributed by atoms with Crippen molar-refractivity contribution in [2.45, 2.75) is 13.8 Å². The molecule has 0 fully saturated rings. The van der Waals surface area contributed by atoms with Crippen LogP contribution in [-0.4, -0.2) is 50.1 Å². The van der Waals surface area contributed by atoms with Crippen molar-refractivity contribution in [2.75, 3.05) is 45.2 Å². The lowest BCUT2D eigenvalue weighted by Crippen LogP contribution is -2.22. The number of nitrogens with zero attached hydrogens (tertiary/aromatic N) is 1. The highest BCUT2D eigenvalue weighted by Gasteiger charge is 2.00. The highest BCUT2D eigenvalue weighted by Crippen LogP contribution is 2.07. The van der Waals surface area contributed by atoms with Crippen molar-refractivity contribution in [3.05, 3.63) is 0 Å². The summed E-state index contributed by atoms with van der Waals surface area (Å²) in [6.45, 7) is 7.91. The monoisotopic (exact) mass is 204 g/mol. The van der Waals surface area contributed by atoms with Gasteiger partial charge in [-0.3, -0.25) is 0 Å². The average molecular weight is 204 g/mol. The fourth-order valence-electron chi connectivity index (χ4n) is 0.981. The second-order valence-electron chi connectivity index (χ2n) is 3.79. The second kappa shape index (κ2) is 8.85. The van der Waals surface area contributed by atoms with Gasteiger partial charge in [0.05, 0.1) is 0 Å². The predicted molar refractivity (Wildman–Crippen MR) is 63.6 cm³/mol. The molecule has 13 heavy (non-hydrogen) atoms. The first-order chi connectivity index (χ1) is 6.16. The van der Waals surface area contributed by atoms with Crippen LogP contribution >= 0.6 is 11.8 Å². The fraction of sp³-hybridized carbons (Fsp3) is 1.00. The molecule has 0 aliphatic rings. The molecule has 0 rings (SSSR count). The van der Waals surface area contributed by atoms with E-state index in [2.05, 4.69) is 49.9 Å². The minimum atomic E-state index is 0.798. The van der Waals surface area contributed by atoms with Crippen molar-refractivity contribution in [2.24, 2.45) is 5.92 Å². The topological polar surface area (TPSA) is 15.3 Å². The average Bonchev–Trinajstić information content (AvgIpc) is 2.08. The van der Waals surface area contributed by atoms with Crippen LogP contribution in [0.15, 0.2) is 0 Å². The maximum absolute atomic E-state index is 3.37. The summed E-state index contributed by atoms with van der Waals surface area (Å²) >= 11 is 2.06. The van der Waals surface area contributed by atoms with Crippen LogP contribution in [0.2, 0.25) is 0 Å². The molecule has 0 saturated heterocycles. The van der Waals surface area contributed by atoms with Crippen molar-refractivity contribution < 1.29 is 0 Å². The molecule has 0 amide bonds. The van der Waals surface area contributed by atoms with E-state index in [-0.39, 0.29) is 0 Å². The van der Waals surface area contributed by atoms with E-state index in [0.29, 0.717) is 0 Å². The summed E-state index contributed by atoms with van der Waals surface area (Å²) in [5, 5.41) is 3.37. The molecule has 0 aliphatic heterocycles. The zero-order valence-electron chi connectivity index (χ0n) is 9.47. The van der Waals surface area contributed by atoms with Crippen molar-refractivity contribution in [3.8, 4) is 0 Å². The standard InChI is InChI=1S/C10H24N2S/c1-5-11-8-10(2)9-13-7-6-12(3)4/h10-11H,5-9H2,1-4H3. The Balaban J connectivity index is 3.12. The summed E-state index contributed by atoms with van der Waals surface area (Å²) in [7, 11) is 4.26. The van der Waals surface area contributed by atoms with Crippen molar-refractivity contribution in [3.63, 3.8) is 0 Å². The quantitative estimate of drug-likeness (QED) is 0.604. The Morgan fingerprint density at radius 1 is 1.38 bits per heavy atom. The number of nitrogens with one attached hydrogen (secondary N) is 1. The van der Waals surface area contributed by atoms with Crippen LogP contribution in [0.5, 0.6) is 0 Å². The molecule has 0 heterocycles. The largest absolute Gasteiger partial charge is 0.317 e. The molecule has 2 nitrogen and oxygen atoms in total. The zero-order valence-corrected chi connectivity index (χ0v) is 10.3. The summed E-state index contributed by atoms with van der Waals surface area (Å²) in [6, 6.07) is 0. The summed E-state index contributed by atoms with van der Waals surface area (Å²) < 4.78 is 0. The third-order valence-corrected chi connectivity index (χ3v) is 3.10. The smallest absolute Gasteiger partial charge is 0.00662 e. The van der Waals surface area contributed by atoms with E-state index in [1.165, 1.54) is 18.1 Å². The molecular formula is C10H24N2S. The van der Waals surface area contributed by atoms with E-state index >= 15 is 0 Å². The Bertz CT molecular complexity index is 107. The molecule has 0 saturated carbocycles. The minimum Gasteiger partial charge on any atom is -0.317 e. The van der Waals surface area contributed by atoms with E-state index in [9.17, 15) is 0 Å². The molecule has 0 radical (unpaired) electrons. The maximum atomic E-state index is 3.37. The van der Waals surface area contributed by atoms with Gasteiger partial charge in [-0.15, -0.1) is 0 Å². The molecule has 80 valence electrons. The third-order valence-electron chi connectivity index (χ3n) is 1.83. The normalized spacial score (nSPS) is 13.6. The molecule has 1 unspecified atom stereocenters. The van der Waals surface area contributed by atoms with Crippen LogP contribution in [0.4, 0.5) is 0 Å². The van der Waals surface area contributed by atoms with Gasteiger partial charge in [0, 0.05) is 12.3 Å². The van der Waals surface area contributed by atoms with Crippen LogP contribution in [0.25, 0.3) is 0 Å². The van der Waals surface area contributed by atoms with E-state index in [0.717, 1.165) is 19.0 Å². The summed E-state index contributed by atoms with van der Waals surface area (Å²) in [4.78, 5) is 2.24. The Labute approximate surface area is 87.5 Å². The molecule has 0 bridgehead atoms. The number of hydrogen-bond acceptors (Lipinski definition) is 3. The van der Waals surface area contributed by atoms with Crippen LogP contribution in [0.3, 0.4) is 0 Å². The first kappa shape index (κ1) is 13.3. The van der Waals surface area contributed by atoms with Crippen LogP contribution < -0.4 is 5.32 Å². The molecule has 0 aliphatic carbocycles. The summed E-state index contributed by atoms with van der Waals surface area (Å²) in [5.41, 5.74) is 0. The Morgan fingerprint density at radius 2 is 2.08 bits per heavy atom. The lowest BCUT2D eigenvalue weighted by atomic mass is 10.2. The Morgan fingerprint density at radius 3 is 2.62 bits per heavy atom. The van der Waals surface area contributed by atoms with Gasteiger partial charge in [-0.05, 0) is 38.9 Å². The molecular weight excluding hydrogens is 180 g/mol. The summed E-state index contributed by atoms with van der Waals surface area (Å²) in [6.07, 6.45) is 0. The van der Waals surface area contributed by atoms with Gasteiger partial charge < -0.3 is 10.2 Å². The second-order valence-corrected chi connectivity index (χ2v) is 4.94. The zero-order chi connectivity index (χ0) is 10.1. The van der Waals surface area contributed by atoms with E-state index in [1.807, 2.05) is 0 Å². The number of rotatable bonds is 8. The molecule has 0 spiro atoms. The van der Waals surface area contributed by atoms with Crippen LogP contribution in [0, 0.1) is 5.92 Å². The molecule has 1 atom stereocenters. The van der Waals surface area contributed by atoms with Crippen molar-refractivity contribution in [1.82, 2.24) is 10.2 Å². The molecule has 0 aromatic heterocycles. The molecule has 0 aromatic carbocycles. The minimum absolute atomic E-state index is 0.798. The maximum Gasteiger partial charge on any atom is 0.00662 e. The number of hydrogen-bond donors (Lipinski definition) is 1.